The second-order valence-corrected chi connectivity index (χ2v) is 6.99. The Kier molecular flexibility index (Phi) is 5.43. The van der Waals surface area contributed by atoms with E-state index in [9.17, 15) is 0 Å². The van der Waals surface area contributed by atoms with E-state index in [1.807, 2.05) is 32.1 Å². The summed E-state index contributed by atoms with van der Waals surface area (Å²) in [5, 5.41) is 0. The summed E-state index contributed by atoms with van der Waals surface area (Å²) in [6, 6.07) is 3.95. The molecule has 1 aromatic carbocycles. The molecule has 1 aliphatic rings. The summed E-state index contributed by atoms with van der Waals surface area (Å²) < 4.78 is 16.8. The van der Waals surface area contributed by atoms with Gasteiger partial charge < -0.3 is 25.7 Å². The lowest BCUT2D eigenvalue weighted by atomic mass is 9.92. The van der Waals surface area contributed by atoms with E-state index >= 15 is 0 Å². The van der Waals surface area contributed by atoms with Crippen LogP contribution in [-0.4, -0.2) is 36.4 Å². The Morgan fingerprint density at radius 1 is 1.21 bits per heavy atom. The monoisotopic (exact) mass is 380 g/mol. The van der Waals surface area contributed by atoms with Crippen molar-refractivity contribution in [2.75, 3.05) is 32.3 Å². The molecule has 3 rings (SSSR count). The van der Waals surface area contributed by atoms with Crippen LogP contribution in [0.15, 0.2) is 24.4 Å². The van der Waals surface area contributed by atoms with Crippen LogP contribution >= 0.6 is 0 Å². The molecule has 1 aliphatic heterocycles. The van der Waals surface area contributed by atoms with Crippen LogP contribution in [0, 0.1) is 11.8 Å². The number of rotatable bonds is 4. The van der Waals surface area contributed by atoms with Crippen molar-refractivity contribution in [2.45, 2.75) is 25.9 Å². The minimum atomic E-state index is -0.506. The van der Waals surface area contributed by atoms with Crippen molar-refractivity contribution in [1.82, 2.24) is 9.97 Å². The van der Waals surface area contributed by atoms with Gasteiger partial charge in [-0.05, 0) is 37.6 Å². The topological polar surface area (TPSA) is 106 Å². The molecule has 28 heavy (non-hydrogen) atoms. The number of benzene rings is 1. The Morgan fingerprint density at radius 3 is 2.68 bits per heavy atom. The van der Waals surface area contributed by atoms with Gasteiger partial charge in [0.1, 0.15) is 18.0 Å². The SMILES string of the molecule is COCC#CC1=CC(C)(C)Oc2c(OC)cc(Cc3cnc(N)nc3N)cc21. The highest BCUT2D eigenvalue weighted by Crippen LogP contribution is 2.43. The fourth-order valence-electron chi connectivity index (χ4n) is 3.03. The third-order valence-electron chi connectivity index (χ3n) is 4.23. The van der Waals surface area contributed by atoms with Gasteiger partial charge in [-0.25, -0.2) is 4.98 Å². The predicted octanol–water partition coefficient (Wildman–Crippen LogP) is 2.44. The zero-order valence-corrected chi connectivity index (χ0v) is 16.5. The summed E-state index contributed by atoms with van der Waals surface area (Å²) in [5.41, 5.74) is 14.6. The molecule has 0 atom stereocenters. The molecule has 0 saturated carbocycles. The van der Waals surface area contributed by atoms with Gasteiger partial charge in [0.15, 0.2) is 11.5 Å². The highest BCUT2D eigenvalue weighted by molar-refractivity contribution is 5.86. The number of nitrogen functional groups attached to an aromatic ring is 2. The maximum atomic E-state index is 6.16. The number of methoxy groups -OCH3 is 2. The van der Waals surface area contributed by atoms with E-state index < -0.39 is 5.60 Å². The maximum Gasteiger partial charge on any atom is 0.221 e. The van der Waals surface area contributed by atoms with Gasteiger partial charge in [0, 0.05) is 36.4 Å². The molecule has 0 spiro atoms. The summed E-state index contributed by atoms with van der Waals surface area (Å²) in [7, 11) is 3.23. The molecule has 7 nitrogen and oxygen atoms in total. The van der Waals surface area contributed by atoms with E-state index in [1.165, 1.54) is 0 Å². The van der Waals surface area contributed by atoms with Gasteiger partial charge in [-0.3, -0.25) is 0 Å². The number of hydrogen-bond acceptors (Lipinski definition) is 7. The van der Waals surface area contributed by atoms with E-state index in [0.29, 0.717) is 30.3 Å². The van der Waals surface area contributed by atoms with Gasteiger partial charge in [0.25, 0.3) is 0 Å². The second-order valence-electron chi connectivity index (χ2n) is 6.99. The highest BCUT2D eigenvalue weighted by atomic mass is 16.5. The highest BCUT2D eigenvalue weighted by Gasteiger charge is 2.29. The van der Waals surface area contributed by atoms with Crippen molar-refractivity contribution >= 4 is 17.3 Å². The average Bonchev–Trinajstić information content (AvgIpc) is 2.63. The van der Waals surface area contributed by atoms with Crippen LogP contribution in [0.4, 0.5) is 11.8 Å². The van der Waals surface area contributed by atoms with Crippen molar-refractivity contribution in [2.24, 2.45) is 0 Å². The average molecular weight is 380 g/mol. The van der Waals surface area contributed by atoms with Gasteiger partial charge in [-0.15, -0.1) is 0 Å². The molecule has 0 fully saturated rings. The number of ether oxygens (including phenoxy) is 3. The molecule has 146 valence electrons. The van der Waals surface area contributed by atoms with E-state index in [4.69, 9.17) is 25.7 Å². The fourth-order valence-corrected chi connectivity index (χ4v) is 3.03. The van der Waals surface area contributed by atoms with Crippen LogP contribution in [0.5, 0.6) is 11.5 Å². The maximum absolute atomic E-state index is 6.16. The van der Waals surface area contributed by atoms with Crippen LogP contribution in [0.25, 0.3) is 5.57 Å². The first kappa shape index (κ1) is 19.5. The zero-order valence-electron chi connectivity index (χ0n) is 16.5. The minimum absolute atomic E-state index is 0.151. The third-order valence-corrected chi connectivity index (χ3v) is 4.23. The summed E-state index contributed by atoms with van der Waals surface area (Å²) >= 11 is 0. The third kappa shape index (κ3) is 4.18. The lowest BCUT2D eigenvalue weighted by Crippen LogP contribution is -2.29. The molecule has 0 saturated heterocycles. The first-order chi connectivity index (χ1) is 13.3. The molecule has 0 aliphatic carbocycles. The van der Waals surface area contributed by atoms with Crippen molar-refractivity contribution < 1.29 is 14.2 Å². The van der Waals surface area contributed by atoms with E-state index in [0.717, 1.165) is 22.3 Å². The zero-order chi connectivity index (χ0) is 20.3. The number of allylic oxidation sites excluding steroid dienone is 1. The van der Waals surface area contributed by atoms with Crippen LogP contribution in [0.3, 0.4) is 0 Å². The van der Waals surface area contributed by atoms with Gasteiger partial charge in [-0.1, -0.05) is 11.8 Å². The molecule has 2 heterocycles. The van der Waals surface area contributed by atoms with Crippen molar-refractivity contribution in [3.05, 3.63) is 41.1 Å². The summed E-state index contributed by atoms with van der Waals surface area (Å²) in [4.78, 5) is 8.06. The molecule has 0 radical (unpaired) electrons. The molecular weight excluding hydrogens is 356 g/mol. The van der Waals surface area contributed by atoms with Gasteiger partial charge in [0.2, 0.25) is 5.95 Å². The number of hydrogen-bond donors (Lipinski definition) is 2. The number of aromatic nitrogens is 2. The van der Waals surface area contributed by atoms with Gasteiger partial charge >= 0.3 is 0 Å². The van der Waals surface area contributed by atoms with Crippen molar-refractivity contribution in [3.8, 4) is 23.3 Å². The molecule has 0 bridgehead atoms. The Balaban J connectivity index is 2.07. The fraction of sp³-hybridized carbons (Fsp3) is 0.333. The van der Waals surface area contributed by atoms with E-state index in [2.05, 4.69) is 21.8 Å². The normalized spacial score (nSPS) is 14.2. The first-order valence-corrected chi connectivity index (χ1v) is 8.81. The lowest BCUT2D eigenvalue weighted by molar-refractivity contribution is 0.151. The minimum Gasteiger partial charge on any atom is -0.493 e. The molecule has 2 aromatic rings. The summed E-state index contributed by atoms with van der Waals surface area (Å²) in [6.07, 6.45) is 4.16. The molecule has 0 unspecified atom stereocenters. The standard InChI is InChI=1S/C21H24N4O3/c1-21(2)11-14(6-5-7-26-3)16-9-13(10-17(27-4)18(16)28-21)8-15-12-24-20(23)25-19(15)22/h9-12H,7-8H2,1-4H3,(H4,22,23,24,25). The molecule has 1 aromatic heterocycles. The first-order valence-electron chi connectivity index (χ1n) is 8.81. The smallest absolute Gasteiger partial charge is 0.221 e. The molecule has 0 amide bonds. The van der Waals surface area contributed by atoms with Gasteiger partial charge in [-0.2, -0.15) is 4.98 Å². The Labute approximate surface area is 164 Å². The summed E-state index contributed by atoms with van der Waals surface area (Å²) in [6.45, 7) is 4.31. The van der Waals surface area contributed by atoms with Crippen molar-refractivity contribution in [3.63, 3.8) is 0 Å². The second kappa shape index (κ2) is 7.79. The van der Waals surface area contributed by atoms with Gasteiger partial charge in [0.05, 0.1) is 7.11 Å². The molecule has 7 heteroatoms. The van der Waals surface area contributed by atoms with E-state index in [1.54, 1.807) is 20.4 Å². The number of fused-ring (bicyclic) bond motifs is 1. The van der Waals surface area contributed by atoms with Crippen LogP contribution < -0.4 is 20.9 Å². The van der Waals surface area contributed by atoms with E-state index in [-0.39, 0.29) is 5.95 Å². The number of nitrogens with zero attached hydrogens (tertiary/aromatic N) is 2. The summed E-state index contributed by atoms with van der Waals surface area (Å²) in [5.74, 6) is 8.01. The molecule has 4 N–H and O–H groups in total. The Morgan fingerprint density at radius 2 is 2.00 bits per heavy atom. The number of nitrogens with two attached hydrogens (primary N) is 2. The lowest BCUT2D eigenvalue weighted by Gasteiger charge is -2.31. The predicted molar refractivity (Wildman–Crippen MR) is 109 cm³/mol. The van der Waals surface area contributed by atoms with Crippen LogP contribution in [0.1, 0.15) is 30.5 Å². The Bertz CT molecular complexity index is 987. The molecular formula is C21H24N4O3. The largest absolute Gasteiger partial charge is 0.493 e. The van der Waals surface area contributed by atoms with Crippen LogP contribution in [0.2, 0.25) is 0 Å². The van der Waals surface area contributed by atoms with Crippen molar-refractivity contribution in [1.29, 1.82) is 0 Å². The number of anilines is 2. The Hall–Kier alpha value is -3.24. The quantitative estimate of drug-likeness (QED) is 0.785. The van der Waals surface area contributed by atoms with Crippen LogP contribution in [-0.2, 0) is 11.2 Å².